The van der Waals surface area contributed by atoms with Gasteiger partial charge in [0, 0.05) is 25.1 Å². The van der Waals surface area contributed by atoms with Crippen molar-refractivity contribution >= 4 is 23.2 Å². The molecule has 0 atom stereocenters. The summed E-state index contributed by atoms with van der Waals surface area (Å²) in [5.41, 5.74) is 5.80. The fourth-order valence-electron chi connectivity index (χ4n) is 1.30. The topological polar surface area (TPSA) is 73.6 Å². The molecule has 1 aromatic carbocycles. The van der Waals surface area contributed by atoms with Gasteiger partial charge in [0.1, 0.15) is 11.5 Å². The van der Waals surface area contributed by atoms with Gasteiger partial charge < -0.3 is 20.5 Å². The van der Waals surface area contributed by atoms with Gasteiger partial charge in [-0.15, -0.1) is 0 Å². The molecule has 0 radical (unpaired) electrons. The van der Waals surface area contributed by atoms with E-state index in [1.807, 2.05) is 0 Å². The molecule has 1 amide bonds. The van der Waals surface area contributed by atoms with E-state index in [0.717, 1.165) is 0 Å². The minimum absolute atomic E-state index is 0.185. The molecule has 0 spiro atoms. The molecule has 17 heavy (non-hydrogen) atoms. The summed E-state index contributed by atoms with van der Waals surface area (Å²) in [7, 11) is 3.00. The second-order valence-corrected chi connectivity index (χ2v) is 3.68. The van der Waals surface area contributed by atoms with Crippen molar-refractivity contribution in [3.8, 4) is 11.5 Å². The highest BCUT2D eigenvalue weighted by molar-refractivity contribution is 6.32. The summed E-state index contributed by atoms with van der Waals surface area (Å²) in [6.07, 6.45) is 0.244. The van der Waals surface area contributed by atoms with E-state index in [4.69, 9.17) is 26.8 Å². The van der Waals surface area contributed by atoms with Crippen LogP contribution in [0, 0.1) is 0 Å². The lowest BCUT2D eigenvalue weighted by molar-refractivity contribution is -0.116. The molecule has 94 valence electrons. The predicted octanol–water partition coefficient (Wildman–Crippen LogP) is 1.64. The Balaban J connectivity index is 2.99. The standard InChI is InChI=1S/C11H15ClN2O3/c1-16-9-6-8(14-11(15)3-4-13)10(17-2)5-7(9)12/h5-6H,3-4,13H2,1-2H3,(H,14,15). The van der Waals surface area contributed by atoms with Crippen molar-refractivity contribution in [2.45, 2.75) is 6.42 Å². The third-order valence-electron chi connectivity index (χ3n) is 2.12. The molecule has 0 aliphatic carbocycles. The number of rotatable bonds is 5. The number of nitrogens with two attached hydrogens (primary N) is 1. The maximum absolute atomic E-state index is 11.4. The maximum Gasteiger partial charge on any atom is 0.225 e. The molecule has 0 aromatic heterocycles. The Bertz CT molecular complexity index is 410. The van der Waals surface area contributed by atoms with Crippen LogP contribution in [-0.2, 0) is 4.79 Å². The van der Waals surface area contributed by atoms with Gasteiger partial charge in [-0.05, 0) is 0 Å². The number of methoxy groups -OCH3 is 2. The van der Waals surface area contributed by atoms with E-state index in [9.17, 15) is 4.79 Å². The largest absolute Gasteiger partial charge is 0.495 e. The first-order valence-corrected chi connectivity index (χ1v) is 5.41. The van der Waals surface area contributed by atoms with E-state index in [-0.39, 0.29) is 12.3 Å². The van der Waals surface area contributed by atoms with Crippen molar-refractivity contribution in [3.05, 3.63) is 17.2 Å². The Morgan fingerprint density at radius 3 is 2.53 bits per heavy atom. The SMILES string of the molecule is COc1cc(NC(=O)CCN)c(OC)cc1Cl. The third-order valence-corrected chi connectivity index (χ3v) is 2.41. The maximum atomic E-state index is 11.4. The molecule has 3 N–H and O–H groups in total. The van der Waals surface area contributed by atoms with E-state index >= 15 is 0 Å². The Morgan fingerprint density at radius 2 is 2.00 bits per heavy atom. The molecular weight excluding hydrogens is 244 g/mol. The van der Waals surface area contributed by atoms with Crippen LogP contribution in [-0.4, -0.2) is 26.7 Å². The number of halogens is 1. The van der Waals surface area contributed by atoms with Crippen LogP contribution in [0.25, 0.3) is 0 Å². The fourth-order valence-corrected chi connectivity index (χ4v) is 1.53. The van der Waals surface area contributed by atoms with Gasteiger partial charge in [0.05, 0.1) is 24.9 Å². The Hall–Kier alpha value is -1.46. The van der Waals surface area contributed by atoms with E-state index in [1.54, 1.807) is 12.1 Å². The second-order valence-electron chi connectivity index (χ2n) is 3.27. The van der Waals surface area contributed by atoms with Crippen molar-refractivity contribution < 1.29 is 14.3 Å². The van der Waals surface area contributed by atoms with E-state index < -0.39 is 0 Å². The predicted molar refractivity (Wildman–Crippen MR) is 66.9 cm³/mol. The number of carbonyl (C=O) groups excluding carboxylic acids is 1. The summed E-state index contributed by atoms with van der Waals surface area (Å²) in [4.78, 5) is 11.4. The van der Waals surface area contributed by atoms with Gasteiger partial charge in [-0.3, -0.25) is 4.79 Å². The summed E-state index contributed by atoms with van der Waals surface area (Å²) in [6.45, 7) is 0.291. The van der Waals surface area contributed by atoms with Crippen LogP contribution >= 0.6 is 11.6 Å². The highest BCUT2D eigenvalue weighted by Crippen LogP contribution is 2.35. The summed E-state index contributed by atoms with van der Waals surface area (Å²) in [5.74, 6) is 0.756. The Labute approximate surface area is 105 Å². The molecule has 0 fully saturated rings. The lowest BCUT2D eigenvalue weighted by atomic mass is 10.2. The van der Waals surface area contributed by atoms with E-state index in [0.29, 0.717) is 28.8 Å². The summed E-state index contributed by atoms with van der Waals surface area (Å²) in [6, 6.07) is 3.19. The van der Waals surface area contributed by atoms with Gasteiger partial charge in [-0.25, -0.2) is 0 Å². The van der Waals surface area contributed by atoms with Crippen LogP contribution in [0.1, 0.15) is 6.42 Å². The first-order valence-electron chi connectivity index (χ1n) is 5.03. The average Bonchev–Trinajstić information content (AvgIpc) is 2.31. The number of ether oxygens (including phenoxy) is 2. The molecule has 0 heterocycles. The van der Waals surface area contributed by atoms with Crippen molar-refractivity contribution in [1.29, 1.82) is 0 Å². The van der Waals surface area contributed by atoms with Crippen molar-refractivity contribution in [2.24, 2.45) is 5.73 Å². The molecule has 0 saturated carbocycles. The second kappa shape index (κ2) is 6.32. The van der Waals surface area contributed by atoms with Crippen molar-refractivity contribution in [2.75, 3.05) is 26.1 Å². The zero-order chi connectivity index (χ0) is 12.8. The molecule has 0 aliphatic heterocycles. The zero-order valence-corrected chi connectivity index (χ0v) is 10.5. The minimum atomic E-state index is -0.185. The van der Waals surface area contributed by atoms with Gasteiger partial charge in [-0.2, -0.15) is 0 Å². The smallest absolute Gasteiger partial charge is 0.225 e. The number of nitrogens with one attached hydrogen (secondary N) is 1. The lowest BCUT2D eigenvalue weighted by Crippen LogP contribution is -2.16. The van der Waals surface area contributed by atoms with Gasteiger partial charge in [0.2, 0.25) is 5.91 Å². The first-order chi connectivity index (χ1) is 8.12. The fraction of sp³-hybridized carbons (Fsp3) is 0.364. The Morgan fingerprint density at radius 1 is 1.35 bits per heavy atom. The van der Waals surface area contributed by atoms with Crippen LogP contribution in [0.3, 0.4) is 0 Å². The van der Waals surface area contributed by atoms with Gasteiger partial charge in [-0.1, -0.05) is 11.6 Å². The minimum Gasteiger partial charge on any atom is -0.495 e. The van der Waals surface area contributed by atoms with Crippen LogP contribution in [0.5, 0.6) is 11.5 Å². The first kappa shape index (κ1) is 13.6. The lowest BCUT2D eigenvalue weighted by Gasteiger charge is -2.12. The van der Waals surface area contributed by atoms with Crippen LogP contribution in [0.4, 0.5) is 5.69 Å². The van der Waals surface area contributed by atoms with E-state index in [2.05, 4.69) is 5.32 Å². The molecule has 0 unspecified atom stereocenters. The molecule has 6 heteroatoms. The molecule has 5 nitrogen and oxygen atoms in total. The highest BCUT2D eigenvalue weighted by atomic mass is 35.5. The number of carbonyl (C=O) groups is 1. The highest BCUT2D eigenvalue weighted by Gasteiger charge is 2.11. The van der Waals surface area contributed by atoms with Crippen LogP contribution in [0.15, 0.2) is 12.1 Å². The average molecular weight is 259 g/mol. The molecule has 1 rings (SSSR count). The third kappa shape index (κ3) is 3.51. The summed E-state index contributed by atoms with van der Waals surface area (Å²) >= 11 is 5.94. The number of benzene rings is 1. The number of hydrogen-bond acceptors (Lipinski definition) is 4. The number of amides is 1. The summed E-state index contributed by atoms with van der Waals surface area (Å²) < 4.78 is 10.2. The number of hydrogen-bond donors (Lipinski definition) is 2. The number of anilines is 1. The van der Waals surface area contributed by atoms with Crippen molar-refractivity contribution in [3.63, 3.8) is 0 Å². The van der Waals surface area contributed by atoms with Crippen LogP contribution < -0.4 is 20.5 Å². The van der Waals surface area contributed by atoms with Gasteiger partial charge >= 0.3 is 0 Å². The molecule has 0 aliphatic rings. The molecule has 0 saturated heterocycles. The molecule has 0 bridgehead atoms. The van der Waals surface area contributed by atoms with Gasteiger partial charge in [0.15, 0.2) is 0 Å². The molecule has 1 aromatic rings. The van der Waals surface area contributed by atoms with Crippen LogP contribution in [0.2, 0.25) is 5.02 Å². The van der Waals surface area contributed by atoms with Gasteiger partial charge in [0.25, 0.3) is 0 Å². The zero-order valence-electron chi connectivity index (χ0n) is 9.75. The molecular formula is C11H15ClN2O3. The Kier molecular flexibility index (Phi) is 5.06. The quantitative estimate of drug-likeness (QED) is 0.842. The summed E-state index contributed by atoms with van der Waals surface area (Å²) in [5, 5.41) is 3.10. The van der Waals surface area contributed by atoms with Crippen molar-refractivity contribution in [1.82, 2.24) is 0 Å². The van der Waals surface area contributed by atoms with E-state index in [1.165, 1.54) is 14.2 Å². The normalized spacial score (nSPS) is 9.88. The monoisotopic (exact) mass is 258 g/mol.